The summed E-state index contributed by atoms with van der Waals surface area (Å²) < 4.78 is 60.8. The van der Waals surface area contributed by atoms with E-state index in [1.54, 1.807) is 0 Å². The van der Waals surface area contributed by atoms with E-state index in [9.17, 15) is 41.2 Å². The van der Waals surface area contributed by atoms with E-state index in [1.165, 1.54) is 22.9 Å². The smallest absolute Gasteiger partial charge is 0.410 e. The Morgan fingerprint density at radius 3 is 2.63 bits per heavy atom. The van der Waals surface area contributed by atoms with Gasteiger partial charge in [-0.25, -0.2) is 26.8 Å². The Morgan fingerprint density at radius 1 is 1.17 bits per heavy atom. The molecule has 3 heterocycles. The van der Waals surface area contributed by atoms with E-state index in [2.05, 4.69) is 21.9 Å². The van der Waals surface area contributed by atoms with Gasteiger partial charge in [-0.1, -0.05) is 36.4 Å². The average molecular weight is 747 g/mol. The number of alkyl halides is 2. The summed E-state index contributed by atoms with van der Waals surface area (Å²) >= 11 is 0. The van der Waals surface area contributed by atoms with Crippen LogP contribution in [0.2, 0.25) is 0 Å². The average Bonchev–Trinajstić information content (AvgIpc) is 3.99. The molecule has 3 N–H and O–H groups in total. The molecule has 2 saturated carbocycles. The van der Waals surface area contributed by atoms with Gasteiger partial charge in [-0.3, -0.25) is 24.0 Å². The second-order valence-corrected chi connectivity index (χ2v) is 16.2. The molecule has 17 heteroatoms. The van der Waals surface area contributed by atoms with Gasteiger partial charge < -0.3 is 25.2 Å². The first-order chi connectivity index (χ1) is 24.7. The molecule has 282 valence electrons. The second-order valence-electron chi connectivity index (χ2n) is 14.2. The molecule has 1 saturated heterocycles. The lowest BCUT2D eigenvalue weighted by Gasteiger charge is -2.30. The van der Waals surface area contributed by atoms with Crippen LogP contribution in [-0.2, 0) is 42.2 Å². The van der Waals surface area contributed by atoms with E-state index >= 15 is 0 Å². The molecule has 0 unspecified atom stereocenters. The lowest BCUT2D eigenvalue weighted by atomic mass is 10.0. The molecule has 14 nitrogen and oxygen atoms in total. The zero-order valence-corrected chi connectivity index (χ0v) is 29.7. The van der Waals surface area contributed by atoms with Gasteiger partial charge in [0.1, 0.15) is 23.7 Å². The topological polar surface area (TPSA) is 175 Å². The summed E-state index contributed by atoms with van der Waals surface area (Å²) in [6.07, 6.45) is 2.26. The maximum Gasteiger partial charge on any atom is 0.410 e. The van der Waals surface area contributed by atoms with Crippen molar-refractivity contribution in [1.29, 1.82) is 0 Å². The first kappa shape index (κ1) is 37.2. The summed E-state index contributed by atoms with van der Waals surface area (Å²) in [5.41, 5.74) is 1.19. The zero-order chi connectivity index (χ0) is 37.4. The summed E-state index contributed by atoms with van der Waals surface area (Å²) in [5.74, 6) is -3.45. The van der Waals surface area contributed by atoms with Gasteiger partial charge in [0.15, 0.2) is 0 Å². The number of allylic oxidation sites excluding steroid dienone is 1. The molecular weight excluding hydrogens is 702 g/mol. The molecule has 4 bridgehead atoms. The summed E-state index contributed by atoms with van der Waals surface area (Å²) in [7, 11) is -2.48. The van der Waals surface area contributed by atoms with Gasteiger partial charge in [0.25, 0.3) is 5.91 Å². The van der Waals surface area contributed by atoms with Crippen molar-refractivity contribution in [1.82, 2.24) is 30.1 Å². The minimum absolute atomic E-state index is 0.0381. The number of benzene rings is 1. The van der Waals surface area contributed by atoms with Gasteiger partial charge in [-0.05, 0) is 55.2 Å². The predicted octanol–water partition coefficient (Wildman–Crippen LogP) is 2.64. The molecule has 6 rings (SSSR count). The Hall–Kier alpha value is -4.54. The third-order valence-corrected chi connectivity index (χ3v) is 12.2. The number of fused-ring (bicyclic) bond motifs is 3. The van der Waals surface area contributed by atoms with Crippen molar-refractivity contribution in [2.45, 2.75) is 99.9 Å². The fourth-order valence-electron chi connectivity index (χ4n) is 7.13. The highest BCUT2D eigenvalue weighted by Gasteiger charge is 2.62. The molecule has 0 spiro atoms. The number of rotatable bonds is 8. The lowest BCUT2D eigenvalue weighted by molar-refractivity contribution is -0.141. The molecule has 1 aromatic rings. The van der Waals surface area contributed by atoms with Crippen LogP contribution < -0.4 is 15.4 Å². The molecule has 52 heavy (non-hydrogen) atoms. The van der Waals surface area contributed by atoms with Crippen LogP contribution in [0.15, 0.2) is 36.9 Å². The largest absolute Gasteiger partial charge is 0.444 e. The van der Waals surface area contributed by atoms with Gasteiger partial charge in [0.2, 0.25) is 28.3 Å². The van der Waals surface area contributed by atoms with Gasteiger partial charge in [-0.2, -0.15) is 0 Å². The monoisotopic (exact) mass is 746 g/mol. The number of halogens is 2. The fourth-order valence-corrected chi connectivity index (χ4v) is 8.49. The molecule has 3 aliphatic heterocycles. The number of ether oxygens (including phenoxy) is 1. The van der Waals surface area contributed by atoms with Crippen LogP contribution in [0.1, 0.15) is 68.1 Å². The molecule has 0 radical (unpaired) electrons. The number of hydrogen-bond acceptors (Lipinski definition) is 8. The van der Waals surface area contributed by atoms with Crippen molar-refractivity contribution >= 4 is 45.9 Å². The lowest BCUT2D eigenvalue weighted by Crippen LogP contribution is -2.59. The Kier molecular flexibility index (Phi) is 10.6. The summed E-state index contributed by atoms with van der Waals surface area (Å²) in [4.78, 5) is 71.8. The minimum atomic E-state index is -3.97. The van der Waals surface area contributed by atoms with Crippen molar-refractivity contribution < 1.29 is 45.9 Å². The number of sulfonamides is 1. The predicted molar refractivity (Wildman–Crippen MR) is 184 cm³/mol. The standard InChI is InChI=1S/C35H44F2N6O8S/c1-3-23-17-35(23,32(46)40-52(49,50)25-12-13-25)39-30(44)28-15-24-19-43(28)31(45)27(16-29(36)37)38-33(47)41(2)14-7-5-4-6-9-21-10-8-11-22-18-42(20-26(21)22)34(48)51-24/h3,6,8-11,23-25,27-29H,1,4-5,7,12-20H2,2H3,(H,38,47)(H,39,44)(H,40,46)/b9-6+/t23-,24-,27+,28+,35+/m1/s1. The van der Waals surface area contributed by atoms with Crippen molar-refractivity contribution in [2.75, 3.05) is 20.1 Å². The first-order valence-electron chi connectivity index (χ1n) is 17.6. The number of carbonyl (C=O) groups excluding carboxylic acids is 5. The molecule has 5 atom stereocenters. The highest BCUT2D eigenvalue weighted by Crippen LogP contribution is 2.45. The molecule has 2 aliphatic carbocycles. The first-order valence-corrected chi connectivity index (χ1v) is 19.1. The van der Waals surface area contributed by atoms with Gasteiger partial charge in [-0.15, -0.1) is 6.58 Å². The fraction of sp³-hybridized carbons (Fsp3) is 0.571. The molecule has 5 aliphatic rings. The van der Waals surface area contributed by atoms with E-state index in [0.717, 1.165) is 28.0 Å². The van der Waals surface area contributed by atoms with Gasteiger partial charge in [0.05, 0.1) is 18.3 Å². The Labute approximate surface area is 301 Å². The minimum Gasteiger partial charge on any atom is -0.444 e. The number of nitrogens with one attached hydrogen (secondary N) is 3. The van der Waals surface area contributed by atoms with Crippen LogP contribution in [0, 0.1) is 5.92 Å². The third-order valence-electron chi connectivity index (χ3n) is 10.4. The van der Waals surface area contributed by atoms with E-state index < -0.39 is 87.6 Å². The van der Waals surface area contributed by atoms with Crippen LogP contribution in [0.5, 0.6) is 0 Å². The van der Waals surface area contributed by atoms with E-state index in [0.29, 0.717) is 32.2 Å². The Balaban J connectivity index is 1.27. The SMILES string of the molecule is C=C[C@@H]1C[C@@]1(NC(=O)[C@@H]1C[C@@H]2CN1C(=O)[C@H](CC(F)F)NC(=O)N(C)CCCC/C=C/c1cccc3c1CN(C3)C(=O)O2)C(=O)NS(=O)(=O)C1CC1. The number of hydrogen-bond donors (Lipinski definition) is 3. The third kappa shape index (κ3) is 7.93. The van der Waals surface area contributed by atoms with Crippen molar-refractivity contribution in [3.05, 3.63) is 53.6 Å². The van der Waals surface area contributed by atoms with Crippen molar-refractivity contribution in [3.8, 4) is 0 Å². The number of nitrogens with zero attached hydrogens (tertiary/aromatic N) is 3. The van der Waals surface area contributed by atoms with E-state index in [1.807, 2.05) is 30.4 Å². The molecule has 6 amide bonds. The Morgan fingerprint density at radius 2 is 1.94 bits per heavy atom. The summed E-state index contributed by atoms with van der Waals surface area (Å²) in [5, 5.41) is 4.31. The normalized spacial score (nSPS) is 28.9. The van der Waals surface area contributed by atoms with Crippen LogP contribution >= 0.6 is 0 Å². The highest BCUT2D eigenvalue weighted by molar-refractivity contribution is 7.91. The molecular formula is C35H44F2N6O8S. The molecule has 0 aromatic heterocycles. The molecule has 1 aromatic carbocycles. The maximum atomic E-state index is 14.0. The zero-order valence-electron chi connectivity index (χ0n) is 28.9. The second kappa shape index (κ2) is 14.8. The van der Waals surface area contributed by atoms with Gasteiger partial charge >= 0.3 is 12.1 Å². The van der Waals surface area contributed by atoms with Crippen LogP contribution in [-0.4, -0.2) is 109 Å². The summed E-state index contributed by atoms with van der Waals surface area (Å²) in [6, 6.07) is 1.87. The van der Waals surface area contributed by atoms with Crippen LogP contribution in [0.25, 0.3) is 6.08 Å². The van der Waals surface area contributed by atoms with Crippen molar-refractivity contribution in [2.24, 2.45) is 5.92 Å². The number of carbonyl (C=O) groups is 5. The van der Waals surface area contributed by atoms with E-state index in [4.69, 9.17) is 4.74 Å². The highest BCUT2D eigenvalue weighted by atomic mass is 32.2. The van der Waals surface area contributed by atoms with Gasteiger partial charge in [0, 0.05) is 38.9 Å². The summed E-state index contributed by atoms with van der Waals surface area (Å²) in [6.45, 7) is 4.17. The number of urea groups is 1. The van der Waals surface area contributed by atoms with Crippen molar-refractivity contribution in [3.63, 3.8) is 0 Å². The quantitative estimate of drug-likeness (QED) is 0.341. The molecule has 3 fully saturated rings. The van der Waals surface area contributed by atoms with E-state index in [-0.39, 0.29) is 32.5 Å². The van der Waals surface area contributed by atoms with Crippen LogP contribution in [0.4, 0.5) is 18.4 Å². The maximum absolute atomic E-state index is 14.0. The number of amides is 6. The van der Waals surface area contributed by atoms with Crippen LogP contribution in [0.3, 0.4) is 0 Å². The Bertz CT molecular complexity index is 1770.